The fourth-order valence-corrected chi connectivity index (χ4v) is 1.54. The zero-order valence-corrected chi connectivity index (χ0v) is 10.5. The Morgan fingerprint density at radius 3 is 2.28 bits per heavy atom. The van der Waals surface area contributed by atoms with Crippen molar-refractivity contribution < 1.29 is 23.9 Å². The van der Waals surface area contributed by atoms with E-state index in [4.69, 9.17) is 0 Å². The summed E-state index contributed by atoms with van der Waals surface area (Å²) in [5, 5.41) is 0. The van der Waals surface area contributed by atoms with Crippen molar-refractivity contribution >= 4 is 23.8 Å². The molecular weight excluding hydrogens is 240 g/mol. The molecule has 1 rings (SSSR count). The van der Waals surface area contributed by atoms with Crippen molar-refractivity contribution in [2.75, 3.05) is 19.7 Å². The molecule has 0 aromatic carbocycles. The number of amides is 4. The molecule has 4 amide bonds. The van der Waals surface area contributed by atoms with Crippen LogP contribution in [0.1, 0.15) is 26.7 Å². The summed E-state index contributed by atoms with van der Waals surface area (Å²) < 4.78 is 4.64. The molecule has 1 saturated heterocycles. The topological polar surface area (TPSA) is 84.0 Å². The Morgan fingerprint density at radius 2 is 1.72 bits per heavy atom. The molecule has 1 heterocycles. The highest BCUT2D eigenvalue weighted by Gasteiger charge is 2.44. The largest absolute Gasteiger partial charge is 0.465 e. The minimum atomic E-state index is -0.968. The van der Waals surface area contributed by atoms with Crippen LogP contribution in [0.4, 0.5) is 4.79 Å². The Morgan fingerprint density at radius 1 is 1.11 bits per heavy atom. The van der Waals surface area contributed by atoms with Crippen molar-refractivity contribution in [1.82, 2.24) is 9.80 Å². The zero-order valence-electron chi connectivity index (χ0n) is 10.5. The van der Waals surface area contributed by atoms with Crippen LogP contribution in [-0.2, 0) is 19.1 Å². The molecule has 7 heteroatoms. The second-order valence-electron chi connectivity index (χ2n) is 3.79. The van der Waals surface area contributed by atoms with E-state index in [2.05, 4.69) is 4.74 Å². The minimum absolute atomic E-state index is 0.155. The van der Waals surface area contributed by atoms with Crippen molar-refractivity contribution in [2.45, 2.75) is 26.7 Å². The molecule has 0 aromatic rings. The van der Waals surface area contributed by atoms with Gasteiger partial charge in [-0.3, -0.25) is 19.3 Å². The third-order valence-electron chi connectivity index (χ3n) is 2.46. The highest BCUT2D eigenvalue weighted by Crippen LogP contribution is 2.12. The van der Waals surface area contributed by atoms with Crippen LogP contribution >= 0.6 is 0 Å². The summed E-state index contributed by atoms with van der Waals surface area (Å²) in [4.78, 5) is 47.5. The lowest BCUT2D eigenvalue weighted by atomic mass is 10.3. The summed E-state index contributed by atoms with van der Waals surface area (Å²) in [6.45, 7) is 3.36. The van der Waals surface area contributed by atoms with Crippen LogP contribution in [-0.4, -0.2) is 53.3 Å². The van der Waals surface area contributed by atoms with E-state index in [1.807, 2.05) is 6.92 Å². The lowest BCUT2D eigenvalue weighted by molar-refractivity contribution is -0.148. The van der Waals surface area contributed by atoms with E-state index in [0.717, 1.165) is 11.3 Å². The third kappa shape index (κ3) is 2.85. The summed E-state index contributed by atoms with van der Waals surface area (Å²) >= 11 is 0. The number of carbonyl (C=O) groups is 4. The molecule has 100 valence electrons. The van der Waals surface area contributed by atoms with E-state index in [0.29, 0.717) is 11.3 Å². The Bertz CT molecular complexity index is 380. The molecule has 0 aliphatic carbocycles. The Kier molecular flexibility index (Phi) is 4.82. The maximum Gasteiger partial charge on any atom is 0.334 e. The zero-order chi connectivity index (χ0) is 13.7. The third-order valence-corrected chi connectivity index (χ3v) is 2.46. The Hall–Kier alpha value is -1.92. The van der Waals surface area contributed by atoms with Gasteiger partial charge in [0.2, 0.25) is 0 Å². The number of hydrogen-bond acceptors (Lipinski definition) is 5. The number of carbonyl (C=O) groups excluding carboxylic acids is 4. The molecule has 1 aliphatic rings. The van der Waals surface area contributed by atoms with Gasteiger partial charge in [-0.15, -0.1) is 0 Å². The predicted molar refractivity (Wildman–Crippen MR) is 60.4 cm³/mol. The van der Waals surface area contributed by atoms with Gasteiger partial charge in [-0.2, -0.15) is 0 Å². The van der Waals surface area contributed by atoms with Crippen molar-refractivity contribution in [3.8, 4) is 0 Å². The summed E-state index contributed by atoms with van der Waals surface area (Å²) in [6, 6.07) is -0.744. The molecule has 1 fully saturated rings. The first-order valence-corrected chi connectivity index (χ1v) is 5.85. The predicted octanol–water partition coefficient (Wildman–Crippen LogP) is 0.140. The summed E-state index contributed by atoms with van der Waals surface area (Å²) in [7, 11) is 0. The Labute approximate surface area is 105 Å². The highest BCUT2D eigenvalue weighted by molar-refractivity contribution is 6.44. The van der Waals surface area contributed by atoms with Gasteiger partial charge >= 0.3 is 23.8 Å². The number of imide groups is 2. The molecule has 0 saturated carbocycles. The van der Waals surface area contributed by atoms with Crippen molar-refractivity contribution in [3.63, 3.8) is 0 Å². The monoisotopic (exact) mass is 256 g/mol. The van der Waals surface area contributed by atoms with Gasteiger partial charge in [-0.05, 0) is 13.3 Å². The van der Waals surface area contributed by atoms with Crippen LogP contribution in [0.15, 0.2) is 0 Å². The van der Waals surface area contributed by atoms with Crippen LogP contribution in [0.2, 0.25) is 0 Å². The van der Waals surface area contributed by atoms with E-state index in [1.165, 1.54) is 0 Å². The lowest BCUT2D eigenvalue weighted by Gasteiger charge is -2.14. The number of nitrogens with zero attached hydrogens (tertiary/aromatic N) is 2. The molecule has 18 heavy (non-hydrogen) atoms. The van der Waals surface area contributed by atoms with Gasteiger partial charge in [0.05, 0.1) is 6.61 Å². The quantitative estimate of drug-likeness (QED) is 0.383. The first-order chi connectivity index (χ1) is 8.52. The van der Waals surface area contributed by atoms with E-state index in [-0.39, 0.29) is 13.2 Å². The second kappa shape index (κ2) is 6.13. The smallest absolute Gasteiger partial charge is 0.334 e. The summed E-state index contributed by atoms with van der Waals surface area (Å²) in [6.07, 6.45) is 1.42. The van der Waals surface area contributed by atoms with Crippen LogP contribution in [0.5, 0.6) is 0 Å². The van der Waals surface area contributed by atoms with Crippen LogP contribution < -0.4 is 0 Å². The van der Waals surface area contributed by atoms with Gasteiger partial charge in [-0.1, -0.05) is 13.3 Å². The van der Waals surface area contributed by atoms with E-state index < -0.39 is 30.4 Å². The molecular formula is C11H16N2O5. The van der Waals surface area contributed by atoms with E-state index >= 15 is 0 Å². The summed E-state index contributed by atoms with van der Waals surface area (Å²) in [5.74, 6) is -2.55. The standard InChI is InChI=1S/C11H16N2O5/c1-3-5-6-12-9(15)10(16)13(11(12)17)7-8(14)18-4-2/h3-7H2,1-2H3. The molecule has 0 aromatic heterocycles. The van der Waals surface area contributed by atoms with Gasteiger partial charge in [0.1, 0.15) is 6.54 Å². The molecule has 0 bridgehead atoms. The van der Waals surface area contributed by atoms with Crippen molar-refractivity contribution in [2.24, 2.45) is 0 Å². The van der Waals surface area contributed by atoms with E-state index in [9.17, 15) is 19.2 Å². The number of urea groups is 1. The SMILES string of the molecule is CCCCN1C(=O)C(=O)N(CC(=O)OCC)C1=O. The average molecular weight is 256 g/mol. The highest BCUT2D eigenvalue weighted by atomic mass is 16.5. The maximum atomic E-state index is 11.8. The lowest BCUT2D eigenvalue weighted by Crippen LogP contribution is -2.37. The molecule has 7 nitrogen and oxygen atoms in total. The molecule has 0 atom stereocenters. The fourth-order valence-electron chi connectivity index (χ4n) is 1.54. The van der Waals surface area contributed by atoms with Gasteiger partial charge in [0.25, 0.3) is 0 Å². The number of rotatable bonds is 6. The van der Waals surface area contributed by atoms with Gasteiger partial charge in [-0.25, -0.2) is 9.69 Å². The number of esters is 1. The summed E-state index contributed by atoms with van der Waals surface area (Å²) in [5.41, 5.74) is 0. The van der Waals surface area contributed by atoms with Crippen LogP contribution in [0.3, 0.4) is 0 Å². The van der Waals surface area contributed by atoms with Gasteiger partial charge in [0, 0.05) is 6.54 Å². The molecule has 0 spiro atoms. The van der Waals surface area contributed by atoms with Crippen molar-refractivity contribution in [1.29, 1.82) is 0 Å². The van der Waals surface area contributed by atoms with Gasteiger partial charge < -0.3 is 4.74 Å². The molecule has 0 radical (unpaired) electrons. The molecule has 0 unspecified atom stereocenters. The molecule has 1 aliphatic heterocycles. The first kappa shape index (κ1) is 14.1. The van der Waals surface area contributed by atoms with Gasteiger partial charge in [0.15, 0.2) is 0 Å². The maximum absolute atomic E-state index is 11.8. The molecule has 0 N–H and O–H groups in total. The van der Waals surface area contributed by atoms with E-state index in [1.54, 1.807) is 6.92 Å². The number of hydrogen-bond donors (Lipinski definition) is 0. The number of unbranched alkanes of at least 4 members (excludes halogenated alkanes) is 1. The van der Waals surface area contributed by atoms with Crippen LogP contribution in [0.25, 0.3) is 0 Å². The minimum Gasteiger partial charge on any atom is -0.465 e. The van der Waals surface area contributed by atoms with Crippen LogP contribution in [0, 0.1) is 0 Å². The van der Waals surface area contributed by atoms with Crippen molar-refractivity contribution in [3.05, 3.63) is 0 Å². The number of ether oxygens (including phenoxy) is 1. The second-order valence-corrected chi connectivity index (χ2v) is 3.79. The Balaban J connectivity index is 2.70. The first-order valence-electron chi connectivity index (χ1n) is 5.85. The normalized spacial score (nSPS) is 15.6. The average Bonchev–Trinajstić information content (AvgIpc) is 2.52. The fraction of sp³-hybridized carbons (Fsp3) is 0.636.